The van der Waals surface area contributed by atoms with E-state index in [1.807, 2.05) is 40.9 Å². The van der Waals surface area contributed by atoms with E-state index in [0.29, 0.717) is 18.3 Å². The van der Waals surface area contributed by atoms with Crippen LogP contribution in [0.1, 0.15) is 41.9 Å². The summed E-state index contributed by atoms with van der Waals surface area (Å²) in [5.74, 6) is 0.961. The van der Waals surface area contributed by atoms with E-state index in [-0.39, 0.29) is 5.91 Å². The van der Waals surface area contributed by atoms with Crippen LogP contribution in [-0.4, -0.2) is 71.4 Å². The summed E-state index contributed by atoms with van der Waals surface area (Å²) in [6.45, 7) is 8.83. The topological polar surface area (TPSA) is 62.6 Å². The van der Waals surface area contributed by atoms with Gasteiger partial charge in [0.05, 0.1) is 12.6 Å². The van der Waals surface area contributed by atoms with Crippen molar-refractivity contribution in [1.82, 2.24) is 24.9 Å². The molecule has 2 saturated heterocycles. The molecule has 7 nitrogen and oxygen atoms in total. The number of hydrogen-bond acceptors (Lipinski definition) is 5. The average molecular weight is 398 g/mol. The number of nitrogens with one attached hydrogen (secondary N) is 1. The summed E-state index contributed by atoms with van der Waals surface area (Å²) in [7, 11) is 0. The summed E-state index contributed by atoms with van der Waals surface area (Å²) < 4.78 is 7.46. The zero-order chi connectivity index (χ0) is 20.1. The number of carbonyl (C=O) groups excluding carboxylic acids is 1. The van der Waals surface area contributed by atoms with Crippen molar-refractivity contribution >= 4 is 5.91 Å². The smallest absolute Gasteiger partial charge is 0.274 e. The summed E-state index contributed by atoms with van der Waals surface area (Å²) in [6.07, 6.45) is 4.23. The number of carbonyl (C=O) groups is 1. The van der Waals surface area contributed by atoms with Gasteiger partial charge in [-0.1, -0.05) is 12.1 Å². The van der Waals surface area contributed by atoms with Crippen LogP contribution in [0.2, 0.25) is 0 Å². The highest BCUT2D eigenvalue weighted by molar-refractivity contribution is 5.92. The Labute approximate surface area is 172 Å². The van der Waals surface area contributed by atoms with E-state index >= 15 is 0 Å². The molecule has 2 aromatic rings. The van der Waals surface area contributed by atoms with Crippen LogP contribution in [0.4, 0.5) is 0 Å². The Balaban J connectivity index is 1.27. The van der Waals surface area contributed by atoms with Crippen molar-refractivity contribution in [2.24, 2.45) is 0 Å². The molecule has 4 rings (SSSR count). The van der Waals surface area contributed by atoms with Gasteiger partial charge in [0.2, 0.25) is 0 Å². The van der Waals surface area contributed by atoms with Crippen LogP contribution in [-0.2, 0) is 6.54 Å². The third kappa shape index (κ3) is 4.97. The second kappa shape index (κ2) is 9.41. The Morgan fingerprint density at radius 1 is 1.17 bits per heavy atom. The number of rotatable bonds is 6. The molecule has 29 heavy (non-hydrogen) atoms. The minimum atomic E-state index is 0.0493. The van der Waals surface area contributed by atoms with Crippen LogP contribution in [0.3, 0.4) is 0 Å². The van der Waals surface area contributed by atoms with Gasteiger partial charge in [-0.15, -0.1) is 0 Å². The Morgan fingerprint density at radius 2 is 1.97 bits per heavy atom. The third-order valence-corrected chi connectivity index (χ3v) is 5.77. The first-order valence-electron chi connectivity index (χ1n) is 10.7. The van der Waals surface area contributed by atoms with E-state index in [2.05, 4.69) is 27.4 Å². The maximum atomic E-state index is 12.9. The van der Waals surface area contributed by atoms with Crippen molar-refractivity contribution in [3.05, 3.63) is 47.8 Å². The Bertz CT molecular complexity index is 790. The van der Waals surface area contributed by atoms with Crippen LogP contribution in [0.5, 0.6) is 5.75 Å². The second-order valence-corrected chi connectivity index (χ2v) is 7.83. The average Bonchev–Trinajstić information content (AvgIpc) is 3.26. The molecule has 1 aromatic heterocycles. The molecular formula is C22H31N5O2. The molecule has 1 aromatic carbocycles. The molecule has 2 fully saturated rings. The van der Waals surface area contributed by atoms with Gasteiger partial charge in [0.25, 0.3) is 5.91 Å². The molecule has 0 spiro atoms. The summed E-state index contributed by atoms with van der Waals surface area (Å²) >= 11 is 0. The normalized spacial score (nSPS) is 20.6. The first-order valence-corrected chi connectivity index (χ1v) is 10.7. The van der Waals surface area contributed by atoms with Crippen LogP contribution in [0.25, 0.3) is 0 Å². The van der Waals surface area contributed by atoms with Crippen LogP contribution >= 0.6 is 0 Å². The van der Waals surface area contributed by atoms with E-state index in [1.165, 1.54) is 5.56 Å². The third-order valence-electron chi connectivity index (χ3n) is 5.77. The standard InChI is InChI=1S/C22H31N5O2/c1-2-29-20-7-5-18(6-8-20)17-25-12-14-26(15-13-25)22(28)21-9-11-27(24-21)19-4-3-10-23-16-19/h5-9,11,19,23H,2-4,10,12-17H2,1H3. The van der Waals surface area contributed by atoms with Gasteiger partial charge in [-0.25, -0.2) is 0 Å². The minimum absolute atomic E-state index is 0.0493. The lowest BCUT2D eigenvalue weighted by atomic mass is 10.1. The van der Waals surface area contributed by atoms with Crippen LogP contribution in [0.15, 0.2) is 36.5 Å². The highest BCUT2D eigenvalue weighted by Gasteiger charge is 2.25. The largest absolute Gasteiger partial charge is 0.494 e. The fourth-order valence-corrected chi connectivity index (χ4v) is 4.10. The van der Waals surface area contributed by atoms with Gasteiger partial charge in [-0.3, -0.25) is 14.4 Å². The summed E-state index contributed by atoms with van der Waals surface area (Å²) in [5, 5.41) is 7.98. The van der Waals surface area contributed by atoms with Crippen molar-refractivity contribution in [3.8, 4) is 5.75 Å². The summed E-state index contributed by atoms with van der Waals surface area (Å²) in [5.41, 5.74) is 1.84. The highest BCUT2D eigenvalue weighted by Crippen LogP contribution is 2.18. The zero-order valence-electron chi connectivity index (χ0n) is 17.2. The molecule has 0 saturated carbocycles. The van der Waals surface area contributed by atoms with E-state index in [4.69, 9.17) is 4.74 Å². The predicted molar refractivity (Wildman–Crippen MR) is 112 cm³/mol. The SMILES string of the molecule is CCOc1ccc(CN2CCN(C(=O)c3ccn(C4CCCNC4)n3)CC2)cc1. The molecule has 3 heterocycles. The lowest BCUT2D eigenvalue weighted by molar-refractivity contribution is 0.0621. The molecule has 7 heteroatoms. The van der Waals surface area contributed by atoms with Crippen molar-refractivity contribution in [3.63, 3.8) is 0 Å². The predicted octanol–water partition coefficient (Wildman–Crippen LogP) is 2.16. The molecule has 1 atom stereocenters. The quantitative estimate of drug-likeness (QED) is 0.809. The van der Waals surface area contributed by atoms with Gasteiger partial charge in [-0.05, 0) is 50.1 Å². The van der Waals surface area contributed by atoms with Crippen molar-refractivity contribution in [1.29, 1.82) is 0 Å². The number of benzene rings is 1. The van der Waals surface area contributed by atoms with Gasteiger partial charge >= 0.3 is 0 Å². The van der Waals surface area contributed by atoms with E-state index in [9.17, 15) is 4.79 Å². The van der Waals surface area contributed by atoms with Crippen molar-refractivity contribution in [2.75, 3.05) is 45.9 Å². The Morgan fingerprint density at radius 3 is 2.66 bits per heavy atom. The first kappa shape index (κ1) is 19.9. The van der Waals surface area contributed by atoms with Gasteiger partial charge in [0, 0.05) is 45.5 Å². The lowest BCUT2D eigenvalue weighted by Crippen LogP contribution is -2.48. The van der Waals surface area contributed by atoms with Crippen molar-refractivity contribution < 1.29 is 9.53 Å². The minimum Gasteiger partial charge on any atom is -0.494 e. The first-order chi connectivity index (χ1) is 14.2. The Hall–Kier alpha value is -2.38. The molecule has 0 bridgehead atoms. The number of piperazine rings is 1. The van der Waals surface area contributed by atoms with Gasteiger partial charge in [0.1, 0.15) is 11.4 Å². The number of piperidine rings is 1. The Kier molecular flexibility index (Phi) is 6.46. The maximum absolute atomic E-state index is 12.9. The molecule has 1 N–H and O–H groups in total. The molecule has 0 aliphatic carbocycles. The van der Waals surface area contributed by atoms with Crippen LogP contribution in [0, 0.1) is 0 Å². The number of aromatic nitrogens is 2. The van der Waals surface area contributed by atoms with Gasteiger partial charge in [-0.2, -0.15) is 5.10 Å². The lowest BCUT2D eigenvalue weighted by Gasteiger charge is -2.34. The number of nitrogens with zero attached hydrogens (tertiary/aromatic N) is 4. The van der Waals surface area contributed by atoms with Crippen LogP contribution < -0.4 is 10.1 Å². The molecule has 1 amide bonds. The molecule has 2 aliphatic heterocycles. The fraction of sp³-hybridized carbons (Fsp3) is 0.545. The van der Waals surface area contributed by atoms with Crippen molar-refractivity contribution in [2.45, 2.75) is 32.4 Å². The molecule has 0 radical (unpaired) electrons. The second-order valence-electron chi connectivity index (χ2n) is 7.83. The highest BCUT2D eigenvalue weighted by atomic mass is 16.5. The zero-order valence-corrected chi connectivity index (χ0v) is 17.2. The molecule has 2 aliphatic rings. The molecule has 156 valence electrons. The number of amides is 1. The van der Waals surface area contributed by atoms with E-state index < -0.39 is 0 Å². The monoisotopic (exact) mass is 397 g/mol. The molecule has 1 unspecified atom stereocenters. The van der Waals surface area contributed by atoms with Gasteiger partial charge < -0.3 is 15.0 Å². The molecular weight excluding hydrogens is 366 g/mol. The fourth-order valence-electron chi connectivity index (χ4n) is 4.10. The summed E-state index contributed by atoms with van der Waals surface area (Å²) in [4.78, 5) is 17.2. The number of hydrogen-bond donors (Lipinski definition) is 1. The van der Waals surface area contributed by atoms with E-state index in [1.54, 1.807) is 0 Å². The summed E-state index contributed by atoms with van der Waals surface area (Å²) in [6, 6.07) is 10.5. The maximum Gasteiger partial charge on any atom is 0.274 e. The number of ether oxygens (including phenoxy) is 1. The van der Waals surface area contributed by atoms with Gasteiger partial charge in [0.15, 0.2) is 0 Å². The van der Waals surface area contributed by atoms with E-state index in [0.717, 1.165) is 64.4 Å².